The maximum atomic E-state index is 2.46. The van der Waals surface area contributed by atoms with Crippen molar-refractivity contribution in [3.63, 3.8) is 0 Å². The molecule has 0 heterocycles. The quantitative estimate of drug-likeness (QED) is 0.747. The molecule has 0 radical (unpaired) electrons. The SMILES string of the molecule is C/C=C(\[Te]c1ccccc1)C1=CCCCC1. The molecule has 0 aromatic heterocycles. The summed E-state index contributed by atoms with van der Waals surface area (Å²) in [5.74, 6) is 0. The van der Waals surface area contributed by atoms with Crippen LogP contribution in [0.25, 0.3) is 0 Å². The van der Waals surface area contributed by atoms with Crippen LogP contribution in [-0.2, 0) is 0 Å². The van der Waals surface area contributed by atoms with Gasteiger partial charge >= 0.3 is 109 Å². The zero-order chi connectivity index (χ0) is 11.2. The van der Waals surface area contributed by atoms with Gasteiger partial charge in [-0.15, -0.1) is 0 Å². The number of hydrogen-bond donors (Lipinski definition) is 0. The molecule has 0 atom stereocenters. The Labute approximate surface area is 109 Å². The molecule has 0 unspecified atom stereocenters. The first-order valence-electron chi connectivity index (χ1n) is 5.99. The summed E-state index contributed by atoms with van der Waals surface area (Å²) < 4.78 is 3.20. The molecule has 0 amide bonds. The fourth-order valence-corrected chi connectivity index (χ4v) is 4.79. The molecule has 1 aromatic carbocycles. The van der Waals surface area contributed by atoms with Crippen molar-refractivity contribution in [3.8, 4) is 0 Å². The van der Waals surface area contributed by atoms with Crippen LogP contribution >= 0.6 is 0 Å². The summed E-state index contributed by atoms with van der Waals surface area (Å²) in [6.07, 6.45) is 10.2. The molecule has 1 aliphatic carbocycles. The van der Waals surface area contributed by atoms with Crippen molar-refractivity contribution in [1.82, 2.24) is 0 Å². The third-order valence-corrected chi connectivity index (χ3v) is 6.34. The molecule has 0 N–H and O–H groups in total. The standard InChI is InChI=1S/C15H18Te/c1-2-15(13-9-5-3-6-10-13)16-14-11-7-4-8-12-14/h2,4,7-9,11-12H,3,5-6,10H2,1H3/b15-2-. The van der Waals surface area contributed by atoms with E-state index in [1.165, 1.54) is 25.7 Å². The molecule has 0 saturated heterocycles. The van der Waals surface area contributed by atoms with Gasteiger partial charge in [-0.25, -0.2) is 0 Å². The second-order valence-electron chi connectivity index (χ2n) is 4.04. The van der Waals surface area contributed by atoms with Crippen LogP contribution in [0.1, 0.15) is 32.6 Å². The molecular weight excluding hydrogens is 308 g/mol. The van der Waals surface area contributed by atoms with Crippen LogP contribution in [0.2, 0.25) is 0 Å². The summed E-state index contributed by atoms with van der Waals surface area (Å²) in [7, 11) is 0. The van der Waals surface area contributed by atoms with E-state index >= 15 is 0 Å². The van der Waals surface area contributed by atoms with Gasteiger partial charge in [0.15, 0.2) is 0 Å². The molecule has 0 fully saturated rings. The van der Waals surface area contributed by atoms with Gasteiger partial charge in [-0.2, -0.15) is 0 Å². The predicted octanol–water partition coefficient (Wildman–Crippen LogP) is 3.42. The maximum absolute atomic E-state index is 2.46. The fraction of sp³-hybridized carbons (Fsp3) is 0.333. The van der Waals surface area contributed by atoms with E-state index < -0.39 is 0 Å². The number of benzene rings is 1. The Balaban J connectivity index is 2.10. The summed E-state index contributed by atoms with van der Waals surface area (Å²) in [6.45, 7) is 2.19. The molecule has 1 heteroatoms. The van der Waals surface area contributed by atoms with Crippen molar-refractivity contribution in [3.05, 3.63) is 51.7 Å². The van der Waals surface area contributed by atoms with Crippen LogP contribution in [0.15, 0.2) is 51.7 Å². The zero-order valence-electron chi connectivity index (χ0n) is 9.78. The van der Waals surface area contributed by atoms with Crippen molar-refractivity contribution in [2.45, 2.75) is 32.6 Å². The molecule has 84 valence electrons. The Morgan fingerprint density at radius 2 is 2.00 bits per heavy atom. The van der Waals surface area contributed by atoms with Gasteiger partial charge < -0.3 is 0 Å². The van der Waals surface area contributed by atoms with Gasteiger partial charge in [0.25, 0.3) is 0 Å². The normalized spacial score (nSPS) is 17.1. The van der Waals surface area contributed by atoms with Crippen molar-refractivity contribution < 1.29 is 0 Å². The first-order valence-corrected chi connectivity index (χ1v) is 8.32. The monoisotopic (exact) mass is 328 g/mol. The second kappa shape index (κ2) is 6.28. The minimum atomic E-state index is -0.164. The van der Waals surface area contributed by atoms with Gasteiger partial charge in [0, 0.05) is 0 Å². The van der Waals surface area contributed by atoms with Gasteiger partial charge in [-0.05, 0) is 0 Å². The number of allylic oxidation sites excluding steroid dienone is 4. The predicted molar refractivity (Wildman–Crippen MR) is 72.1 cm³/mol. The van der Waals surface area contributed by atoms with Gasteiger partial charge in [-0.3, -0.25) is 0 Å². The molecule has 2 rings (SSSR count). The Morgan fingerprint density at radius 3 is 2.62 bits per heavy atom. The van der Waals surface area contributed by atoms with E-state index in [1.54, 1.807) is 12.8 Å². The first kappa shape index (κ1) is 12.0. The summed E-state index contributed by atoms with van der Waals surface area (Å²) in [6, 6.07) is 11.0. The van der Waals surface area contributed by atoms with E-state index in [0.717, 1.165) is 0 Å². The second-order valence-corrected chi connectivity index (χ2v) is 7.23. The van der Waals surface area contributed by atoms with Gasteiger partial charge in [0.1, 0.15) is 0 Å². The molecular formula is C15H18Te. The van der Waals surface area contributed by atoms with E-state index in [4.69, 9.17) is 0 Å². The summed E-state index contributed by atoms with van der Waals surface area (Å²) in [5.41, 5.74) is 1.64. The third-order valence-electron chi connectivity index (χ3n) is 2.84. The average Bonchev–Trinajstić information content (AvgIpc) is 2.38. The molecule has 16 heavy (non-hydrogen) atoms. The van der Waals surface area contributed by atoms with Crippen molar-refractivity contribution in [2.75, 3.05) is 0 Å². The topological polar surface area (TPSA) is 0 Å². The van der Waals surface area contributed by atoms with Crippen LogP contribution in [0, 0.1) is 0 Å². The van der Waals surface area contributed by atoms with Gasteiger partial charge in [0.05, 0.1) is 0 Å². The molecule has 0 aliphatic heterocycles. The Hall–Kier alpha value is -0.510. The average molecular weight is 326 g/mol. The van der Waals surface area contributed by atoms with E-state index in [1.807, 2.05) is 0 Å². The molecule has 1 aromatic rings. The van der Waals surface area contributed by atoms with Crippen LogP contribution in [0.5, 0.6) is 0 Å². The van der Waals surface area contributed by atoms with E-state index in [0.29, 0.717) is 0 Å². The van der Waals surface area contributed by atoms with Crippen molar-refractivity contribution in [2.24, 2.45) is 0 Å². The Kier molecular flexibility index (Phi) is 4.69. The van der Waals surface area contributed by atoms with Crippen LogP contribution in [-0.4, -0.2) is 20.9 Å². The number of rotatable bonds is 3. The summed E-state index contributed by atoms with van der Waals surface area (Å²) in [5, 5.41) is 0. The van der Waals surface area contributed by atoms with Crippen molar-refractivity contribution in [1.29, 1.82) is 0 Å². The molecule has 0 spiro atoms. The Morgan fingerprint density at radius 1 is 1.19 bits per heavy atom. The van der Waals surface area contributed by atoms with E-state index in [2.05, 4.69) is 49.4 Å². The molecule has 0 nitrogen and oxygen atoms in total. The van der Waals surface area contributed by atoms with Crippen LogP contribution in [0.3, 0.4) is 0 Å². The summed E-state index contributed by atoms with van der Waals surface area (Å²) >= 11 is -0.164. The Bertz CT molecular complexity index is 387. The minimum absolute atomic E-state index is 0.164. The van der Waals surface area contributed by atoms with Crippen LogP contribution in [0.4, 0.5) is 0 Å². The third kappa shape index (κ3) is 3.24. The fourth-order valence-electron chi connectivity index (χ4n) is 1.99. The van der Waals surface area contributed by atoms with E-state index in [-0.39, 0.29) is 20.9 Å². The van der Waals surface area contributed by atoms with Gasteiger partial charge in [0.2, 0.25) is 0 Å². The van der Waals surface area contributed by atoms with Crippen LogP contribution < -0.4 is 3.61 Å². The first-order chi connectivity index (χ1) is 7.90. The van der Waals surface area contributed by atoms with Crippen molar-refractivity contribution >= 4 is 24.5 Å². The van der Waals surface area contributed by atoms with Gasteiger partial charge in [-0.1, -0.05) is 0 Å². The molecule has 0 bridgehead atoms. The molecule has 0 saturated carbocycles. The summed E-state index contributed by atoms with van der Waals surface area (Å²) in [4.78, 5) is 0. The zero-order valence-corrected chi connectivity index (χ0v) is 12.1. The molecule has 1 aliphatic rings. The number of hydrogen-bond acceptors (Lipinski definition) is 0. The van der Waals surface area contributed by atoms with E-state index in [9.17, 15) is 0 Å².